The molecule has 0 aliphatic carbocycles. The van der Waals surface area contributed by atoms with Crippen molar-refractivity contribution in [3.05, 3.63) is 158 Å². The van der Waals surface area contributed by atoms with E-state index in [0.717, 1.165) is 16.9 Å². The summed E-state index contributed by atoms with van der Waals surface area (Å²) in [6.45, 7) is 0. The molecule has 9 rings (SSSR count). The van der Waals surface area contributed by atoms with Crippen molar-refractivity contribution in [1.82, 2.24) is 9.38 Å². The van der Waals surface area contributed by atoms with Crippen molar-refractivity contribution >= 4 is 48.7 Å². The fourth-order valence-corrected chi connectivity index (χ4v) is 6.88. The van der Waals surface area contributed by atoms with Crippen molar-refractivity contribution in [1.29, 1.82) is 0 Å². The molecule has 0 spiro atoms. The summed E-state index contributed by atoms with van der Waals surface area (Å²) in [7, 11) is 0. The van der Waals surface area contributed by atoms with Crippen LogP contribution in [0.15, 0.2) is 158 Å². The summed E-state index contributed by atoms with van der Waals surface area (Å²) in [5, 5.41) is 9.99. The lowest BCUT2D eigenvalue weighted by Crippen LogP contribution is -1.92. The molecule has 0 saturated carbocycles. The number of benzene rings is 7. The maximum atomic E-state index is 4.97. The Bertz CT molecular complexity index is 2430. The lowest BCUT2D eigenvalue weighted by Gasteiger charge is -2.19. The zero-order valence-electron chi connectivity index (χ0n) is 23.4. The lowest BCUT2D eigenvalue weighted by atomic mass is 9.84. The van der Waals surface area contributed by atoms with Gasteiger partial charge in [0.15, 0.2) is 0 Å². The van der Waals surface area contributed by atoms with Gasteiger partial charge in [-0.05, 0) is 83.5 Å². The van der Waals surface area contributed by atoms with Gasteiger partial charge in [-0.15, -0.1) is 0 Å². The maximum Gasteiger partial charge on any atom is 0.137 e. The van der Waals surface area contributed by atoms with Crippen LogP contribution in [0.25, 0.3) is 82.2 Å². The van der Waals surface area contributed by atoms with Gasteiger partial charge in [0.05, 0.1) is 5.69 Å². The second kappa shape index (κ2) is 9.40. The Morgan fingerprint density at radius 3 is 1.67 bits per heavy atom. The molecular formula is C41H26N2. The van der Waals surface area contributed by atoms with E-state index in [1.807, 2.05) is 12.1 Å². The molecule has 0 radical (unpaired) electrons. The molecule has 0 fully saturated rings. The van der Waals surface area contributed by atoms with Crippen LogP contribution in [0.5, 0.6) is 0 Å². The van der Waals surface area contributed by atoms with Crippen LogP contribution in [0.1, 0.15) is 0 Å². The molecule has 2 heterocycles. The zero-order valence-corrected chi connectivity index (χ0v) is 23.4. The normalized spacial score (nSPS) is 11.7. The molecular weight excluding hydrogens is 520 g/mol. The third kappa shape index (κ3) is 3.70. The van der Waals surface area contributed by atoms with Gasteiger partial charge in [0.25, 0.3) is 0 Å². The first-order chi connectivity index (χ1) is 21.3. The molecule has 2 aromatic heterocycles. The van der Waals surface area contributed by atoms with E-state index in [1.165, 1.54) is 65.3 Å². The van der Waals surface area contributed by atoms with Crippen LogP contribution in [-0.2, 0) is 0 Å². The topological polar surface area (TPSA) is 17.3 Å². The molecule has 0 amide bonds. The van der Waals surface area contributed by atoms with Crippen LogP contribution < -0.4 is 0 Å². The fourth-order valence-electron chi connectivity index (χ4n) is 6.88. The van der Waals surface area contributed by atoms with E-state index >= 15 is 0 Å². The second-order valence-electron chi connectivity index (χ2n) is 11.2. The Kier molecular flexibility index (Phi) is 5.23. The van der Waals surface area contributed by atoms with Gasteiger partial charge in [-0.3, -0.25) is 0 Å². The van der Waals surface area contributed by atoms with E-state index in [1.54, 1.807) is 0 Å². The number of fused-ring (bicyclic) bond motifs is 5. The largest absolute Gasteiger partial charge is 0.306 e. The van der Waals surface area contributed by atoms with E-state index in [0.29, 0.717) is 0 Å². The number of hydrogen-bond donors (Lipinski definition) is 0. The van der Waals surface area contributed by atoms with Crippen LogP contribution in [0.3, 0.4) is 0 Å². The zero-order chi connectivity index (χ0) is 28.3. The van der Waals surface area contributed by atoms with Crippen molar-refractivity contribution in [3.8, 4) is 33.5 Å². The minimum absolute atomic E-state index is 0.951. The monoisotopic (exact) mass is 546 g/mol. The van der Waals surface area contributed by atoms with Gasteiger partial charge >= 0.3 is 0 Å². The minimum Gasteiger partial charge on any atom is -0.306 e. The van der Waals surface area contributed by atoms with Gasteiger partial charge in [0, 0.05) is 18.0 Å². The Morgan fingerprint density at radius 2 is 0.977 bits per heavy atom. The third-order valence-electron chi connectivity index (χ3n) is 8.80. The fraction of sp³-hybridized carbons (Fsp3) is 0. The van der Waals surface area contributed by atoms with E-state index in [2.05, 4.69) is 150 Å². The Balaban J connectivity index is 1.35. The highest BCUT2D eigenvalue weighted by molar-refractivity contribution is 6.24. The first kappa shape index (κ1) is 23.9. The number of aromatic nitrogens is 2. The maximum absolute atomic E-state index is 4.97. The molecule has 0 unspecified atom stereocenters. The molecule has 43 heavy (non-hydrogen) atoms. The smallest absolute Gasteiger partial charge is 0.137 e. The molecule has 200 valence electrons. The summed E-state index contributed by atoms with van der Waals surface area (Å²) in [4.78, 5) is 4.97. The second-order valence-corrected chi connectivity index (χ2v) is 11.2. The number of hydrogen-bond acceptors (Lipinski definition) is 1. The van der Waals surface area contributed by atoms with Gasteiger partial charge in [-0.2, -0.15) is 0 Å². The number of nitrogens with zero attached hydrogens (tertiary/aromatic N) is 2. The first-order valence-corrected chi connectivity index (χ1v) is 14.7. The van der Waals surface area contributed by atoms with Gasteiger partial charge in [0.1, 0.15) is 5.65 Å². The Hall–Kier alpha value is -5.73. The summed E-state index contributed by atoms with van der Waals surface area (Å²) < 4.78 is 2.09. The van der Waals surface area contributed by atoms with Crippen molar-refractivity contribution in [2.75, 3.05) is 0 Å². The van der Waals surface area contributed by atoms with Crippen LogP contribution in [0, 0.1) is 0 Å². The van der Waals surface area contributed by atoms with Gasteiger partial charge in [0.2, 0.25) is 0 Å². The van der Waals surface area contributed by atoms with E-state index < -0.39 is 0 Å². The molecule has 0 atom stereocenters. The van der Waals surface area contributed by atoms with E-state index in [4.69, 9.17) is 4.98 Å². The average Bonchev–Trinajstić information content (AvgIpc) is 3.51. The summed E-state index contributed by atoms with van der Waals surface area (Å²) in [6.07, 6.45) is 4.18. The molecule has 0 saturated heterocycles. The standard InChI is InChI=1S/C41H26N2/c1-2-12-28-25-29(21-20-27(28)11-1)40-33-15-5-7-17-35(33)41(36-18-8-6-16-34(36)40)37-23-22-32(30-13-3-4-14-31(30)37)38-26-43-24-10-9-19-39(43)42-38/h1-26H. The van der Waals surface area contributed by atoms with Crippen molar-refractivity contribution in [2.24, 2.45) is 0 Å². The van der Waals surface area contributed by atoms with Crippen LogP contribution >= 0.6 is 0 Å². The van der Waals surface area contributed by atoms with Crippen molar-refractivity contribution in [2.45, 2.75) is 0 Å². The summed E-state index contributed by atoms with van der Waals surface area (Å²) >= 11 is 0. The molecule has 0 aliphatic rings. The van der Waals surface area contributed by atoms with E-state index in [9.17, 15) is 0 Å². The first-order valence-electron chi connectivity index (χ1n) is 14.7. The molecule has 9 aromatic rings. The van der Waals surface area contributed by atoms with Crippen LogP contribution in [-0.4, -0.2) is 9.38 Å². The van der Waals surface area contributed by atoms with Crippen LogP contribution in [0.4, 0.5) is 0 Å². The molecule has 7 aromatic carbocycles. The lowest BCUT2D eigenvalue weighted by molar-refractivity contribution is 1.19. The SMILES string of the molecule is c1ccc2cc(-c3c4ccccc4c(-c4ccc(-c5cn6ccccc6n5)c5ccccc45)c4ccccc34)ccc2c1. The van der Waals surface area contributed by atoms with Gasteiger partial charge < -0.3 is 4.40 Å². The number of rotatable bonds is 3. The third-order valence-corrected chi connectivity index (χ3v) is 8.80. The average molecular weight is 547 g/mol. The van der Waals surface area contributed by atoms with Crippen molar-refractivity contribution in [3.63, 3.8) is 0 Å². The highest BCUT2D eigenvalue weighted by Crippen LogP contribution is 2.46. The van der Waals surface area contributed by atoms with Gasteiger partial charge in [-0.1, -0.05) is 127 Å². The molecule has 0 bridgehead atoms. The van der Waals surface area contributed by atoms with Crippen LogP contribution in [0.2, 0.25) is 0 Å². The molecule has 2 heteroatoms. The summed E-state index contributed by atoms with van der Waals surface area (Å²) in [6, 6.07) is 52.7. The summed E-state index contributed by atoms with van der Waals surface area (Å²) in [5.74, 6) is 0. The Labute approximate surface area is 249 Å². The minimum atomic E-state index is 0.951. The predicted octanol–water partition coefficient (Wildman–Crippen LogP) is 10.9. The highest BCUT2D eigenvalue weighted by Gasteiger charge is 2.19. The molecule has 2 nitrogen and oxygen atoms in total. The quantitative estimate of drug-likeness (QED) is 0.201. The van der Waals surface area contributed by atoms with E-state index in [-0.39, 0.29) is 0 Å². The predicted molar refractivity (Wildman–Crippen MR) is 182 cm³/mol. The number of pyridine rings is 1. The van der Waals surface area contributed by atoms with Crippen molar-refractivity contribution < 1.29 is 0 Å². The molecule has 0 N–H and O–H groups in total. The molecule has 0 aliphatic heterocycles. The Morgan fingerprint density at radius 1 is 0.419 bits per heavy atom. The highest BCUT2D eigenvalue weighted by atomic mass is 15.0. The number of imidazole rings is 1. The summed E-state index contributed by atoms with van der Waals surface area (Å²) in [5.41, 5.74) is 8.11. The van der Waals surface area contributed by atoms with Gasteiger partial charge in [-0.25, -0.2) is 4.98 Å².